The minimum Gasteiger partial charge on any atom is -0.355 e. The molecule has 0 saturated heterocycles. The highest BCUT2D eigenvalue weighted by molar-refractivity contribution is 7.07. The second-order valence-corrected chi connectivity index (χ2v) is 5.80. The van der Waals surface area contributed by atoms with Crippen LogP contribution in [-0.2, 0) is 16.6 Å². The highest BCUT2D eigenvalue weighted by Gasteiger charge is 2.44. The first-order valence-electron chi connectivity index (χ1n) is 6.48. The number of amides is 1. The van der Waals surface area contributed by atoms with E-state index in [4.69, 9.17) is 0 Å². The average molecular weight is 272 g/mol. The Morgan fingerprint density at radius 1 is 1.32 bits per heavy atom. The van der Waals surface area contributed by atoms with Crippen LogP contribution in [0.2, 0.25) is 0 Å². The topological polar surface area (TPSA) is 42.0 Å². The Morgan fingerprint density at radius 3 is 2.74 bits per heavy atom. The summed E-state index contributed by atoms with van der Waals surface area (Å²) < 4.78 is 0. The van der Waals surface area contributed by atoms with E-state index in [-0.39, 0.29) is 11.3 Å². The maximum atomic E-state index is 11.9. The van der Waals surface area contributed by atoms with Crippen LogP contribution in [0, 0.1) is 0 Å². The predicted octanol–water partition coefficient (Wildman–Crippen LogP) is 2.53. The minimum absolute atomic E-state index is 0.0631. The van der Waals surface area contributed by atoms with Crippen LogP contribution < -0.4 is 5.32 Å². The average Bonchev–Trinajstić information content (AvgIpc) is 3.08. The van der Waals surface area contributed by atoms with Gasteiger partial charge in [-0.1, -0.05) is 30.3 Å². The van der Waals surface area contributed by atoms with Crippen LogP contribution >= 0.6 is 11.3 Å². The van der Waals surface area contributed by atoms with Crippen LogP contribution in [-0.4, -0.2) is 17.4 Å². The summed E-state index contributed by atoms with van der Waals surface area (Å²) in [7, 11) is 0. The van der Waals surface area contributed by atoms with Gasteiger partial charge in [-0.25, -0.2) is 4.98 Å². The third-order valence-electron chi connectivity index (χ3n) is 3.69. The van der Waals surface area contributed by atoms with Gasteiger partial charge >= 0.3 is 0 Å². The van der Waals surface area contributed by atoms with Gasteiger partial charge in [0.15, 0.2) is 0 Å². The Bertz CT molecular complexity index is 547. The number of nitrogens with zero attached hydrogens (tertiary/aromatic N) is 1. The van der Waals surface area contributed by atoms with Gasteiger partial charge in [-0.15, -0.1) is 11.3 Å². The Balaban J connectivity index is 1.56. The minimum atomic E-state index is 0.0631. The van der Waals surface area contributed by atoms with Crippen LogP contribution in [0.1, 0.15) is 24.1 Å². The first kappa shape index (κ1) is 12.4. The molecule has 1 heterocycles. The highest BCUT2D eigenvalue weighted by atomic mass is 32.1. The smallest absolute Gasteiger partial charge is 0.226 e. The molecule has 1 aromatic carbocycles. The molecule has 0 aliphatic heterocycles. The quantitative estimate of drug-likeness (QED) is 0.909. The van der Waals surface area contributed by atoms with Crippen LogP contribution in [0.5, 0.6) is 0 Å². The first-order valence-corrected chi connectivity index (χ1v) is 7.42. The van der Waals surface area contributed by atoms with Gasteiger partial charge in [-0.2, -0.15) is 0 Å². The van der Waals surface area contributed by atoms with Crippen molar-refractivity contribution in [1.82, 2.24) is 10.3 Å². The van der Waals surface area contributed by atoms with E-state index in [1.165, 1.54) is 16.9 Å². The van der Waals surface area contributed by atoms with E-state index in [1.54, 1.807) is 5.51 Å². The molecular formula is C15H16N2OS. The van der Waals surface area contributed by atoms with Crippen molar-refractivity contribution in [2.24, 2.45) is 0 Å². The number of carbonyl (C=O) groups is 1. The van der Waals surface area contributed by atoms with E-state index in [0.717, 1.165) is 25.1 Å². The maximum absolute atomic E-state index is 11.9. The predicted molar refractivity (Wildman–Crippen MR) is 76.2 cm³/mol. The zero-order valence-electron chi connectivity index (χ0n) is 10.6. The molecule has 1 saturated carbocycles. The van der Waals surface area contributed by atoms with E-state index in [1.807, 2.05) is 11.4 Å². The van der Waals surface area contributed by atoms with Crippen molar-refractivity contribution in [3.8, 4) is 0 Å². The molecule has 4 heteroatoms. The van der Waals surface area contributed by atoms with Gasteiger partial charge in [0.05, 0.1) is 17.6 Å². The van der Waals surface area contributed by atoms with Gasteiger partial charge < -0.3 is 5.32 Å². The summed E-state index contributed by atoms with van der Waals surface area (Å²) in [5, 5.41) is 4.97. The molecule has 1 aromatic heterocycles. The van der Waals surface area contributed by atoms with Crippen LogP contribution in [0.3, 0.4) is 0 Å². The van der Waals surface area contributed by atoms with E-state index in [0.29, 0.717) is 6.42 Å². The van der Waals surface area contributed by atoms with Gasteiger partial charge in [0.1, 0.15) is 0 Å². The third-order valence-corrected chi connectivity index (χ3v) is 4.32. The molecule has 1 aliphatic rings. The Hall–Kier alpha value is -1.68. The molecule has 0 atom stereocenters. The second kappa shape index (κ2) is 5.13. The molecule has 1 amide bonds. The molecule has 19 heavy (non-hydrogen) atoms. The summed E-state index contributed by atoms with van der Waals surface area (Å²) in [4.78, 5) is 16.0. The summed E-state index contributed by atoms with van der Waals surface area (Å²) in [6, 6.07) is 10.5. The Labute approximate surface area is 116 Å². The zero-order valence-corrected chi connectivity index (χ0v) is 11.5. The molecule has 2 aromatic rings. The zero-order chi connectivity index (χ0) is 13.1. The van der Waals surface area contributed by atoms with E-state index >= 15 is 0 Å². The molecule has 1 aliphatic carbocycles. The van der Waals surface area contributed by atoms with Crippen LogP contribution in [0.4, 0.5) is 0 Å². The fourth-order valence-corrected chi connectivity index (χ4v) is 2.89. The molecule has 1 fully saturated rings. The number of hydrogen-bond donors (Lipinski definition) is 1. The molecule has 1 N–H and O–H groups in total. The largest absolute Gasteiger partial charge is 0.355 e. The Morgan fingerprint density at radius 2 is 2.11 bits per heavy atom. The summed E-state index contributed by atoms with van der Waals surface area (Å²) in [5.41, 5.74) is 4.13. The van der Waals surface area contributed by atoms with Crippen LogP contribution in [0.25, 0.3) is 0 Å². The number of thiazole rings is 1. The SMILES string of the molecule is O=C(Cc1cscn1)NCC1(c2ccccc2)CC1. The molecule has 3 rings (SSSR count). The van der Waals surface area contributed by atoms with E-state index in [2.05, 4.69) is 34.6 Å². The van der Waals surface area contributed by atoms with Gasteiger partial charge in [0.25, 0.3) is 0 Å². The van der Waals surface area contributed by atoms with Crippen molar-refractivity contribution in [2.45, 2.75) is 24.7 Å². The number of benzene rings is 1. The molecule has 0 unspecified atom stereocenters. The molecule has 3 nitrogen and oxygen atoms in total. The lowest BCUT2D eigenvalue weighted by atomic mass is 9.96. The fraction of sp³-hybridized carbons (Fsp3) is 0.333. The molecular weight excluding hydrogens is 256 g/mol. The van der Waals surface area contributed by atoms with Crippen molar-refractivity contribution in [2.75, 3.05) is 6.54 Å². The van der Waals surface area contributed by atoms with Crippen molar-refractivity contribution < 1.29 is 4.79 Å². The van der Waals surface area contributed by atoms with Crippen molar-refractivity contribution in [3.63, 3.8) is 0 Å². The Kier molecular flexibility index (Phi) is 3.34. The maximum Gasteiger partial charge on any atom is 0.226 e. The van der Waals surface area contributed by atoms with Crippen molar-refractivity contribution in [1.29, 1.82) is 0 Å². The second-order valence-electron chi connectivity index (χ2n) is 5.08. The molecule has 98 valence electrons. The summed E-state index contributed by atoms with van der Waals surface area (Å²) in [5.74, 6) is 0.0631. The van der Waals surface area contributed by atoms with E-state index < -0.39 is 0 Å². The van der Waals surface area contributed by atoms with Crippen LogP contribution in [0.15, 0.2) is 41.2 Å². The van der Waals surface area contributed by atoms with Crippen molar-refractivity contribution >= 4 is 17.2 Å². The highest BCUT2D eigenvalue weighted by Crippen LogP contribution is 2.47. The van der Waals surface area contributed by atoms with Crippen molar-refractivity contribution in [3.05, 3.63) is 52.5 Å². The fourth-order valence-electron chi connectivity index (χ4n) is 2.33. The number of aromatic nitrogens is 1. The number of carbonyl (C=O) groups excluding carboxylic acids is 1. The van der Waals surface area contributed by atoms with Gasteiger partial charge in [0.2, 0.25) is 5.91 Å². The summed E-state index contributed by atoms with van der Waals surface area (Å²) >= 11 is 1.52. The number of rotatable bonds is 5. The normalized spacial score (nSPS) is 16.0. The van der Waals surface area contributed by atoms with Gasteiger partial charge in [-0.3, -0.25) is 4.79 Å². The first-order chi connectivity index (χ1) is 9.28. The molecule has 0 spiro atoms. The van der Waals surface area contributed by atoms with E-state index in [9.17, 15) is 4.79 Å². The third kappa shape index (κ3) is 2.84. The lowest BCUT2D eigenvalue weighted by Gasteiger charge is -2.16. The lowest BCUT2D eigenvalue weighted by Crippen LogP contribution is -2.33. The summed E-state index contributed by atoms with van der Waals surface area (Å²) in [6.07, 6.45) is 2.70. The number of nitrogens with one attached hydrogen (secondary N) is 1. The monoisotopic (exact) mass is 272 g/mol. The molecule has 0 bridgehead atoms. The summed E-state index contributed by atoms with van der Waals surface area (Å²) in [6.45, 7) is 0.736. The molecule has 0 radical (unpaired) electrons. The number of hydrogen-bond acceptors (Lipinski definition) is 3. The van der Waals surface area contributed by atoms with Gasteiger partial charge in [-0.05, 0) is 18.4 Å². The lowest BCUT2D eigenvalue weighted by molar-refractivity contribution is -0.120. The van der Waals surface area contributed by atoms with Gasteiger partial charge in [0, 0.05) is 17.3 Å². The standard InChI is InChI=1S/C15H16N2OS/c18-14(8-13-9-19-11-17-13)16-10-15(6-7-15)12-4-2-1-3-5-12/h1-5,9,11H,6-8,10H2,(H,16,18).